The molecule has 2 aromatic carbocycles. The van der Waals surface area contributed by atoms with E-state index < -0.39 is 10.0 Å². The Bertz CT molecular complexity index is 760. The van der Waals surface area contributed by atoms with Gasteiger partial charge in [0.05, 0.1) is 4.90 Å². The lowest BCUT2D eigenvalue weighted by Gasteiger charge is -2.20. The molecule has 124 valence electrons. The average molecular weight is 352 g/mol. The van der Waals surface area contributed by atoms with Crippen LogP contribution in [0.1, 0.15) is 44.9 Å². The van der Waals surface area contributed by atoms with Crippen LogP contribution in [0.3, 0.4) is 0 Å². The summed E-state index contributed by atoms with van der Waals surface area (Å²) < 4.78 is 27.7. The molecule has 0 fully saturated rings. The van der Waals surface area contributed by atoms with Crippen LogP contribution in [-0.4, -0.2) is 8.42 Å². The van der Waals surface area contributed by atoms with Gasteiger partial charge in [-0.15, -0.1) is 0 Å². The predicted octanol–water partition coefficient (Wildman–Crippen LogP) is 4.68. The number of benzene rings is 2. The molecule has 2 rings (SSSR count). The van der Waals surface area contributed by atoms with Crippen molar-refractivity contribution < 1.29 is 8.42 Å². The van der Waals surface area contributed by atoms with Crippen LogP contribution in [0.25, 0.3) is 0 Å². The third kappa shape index (κ3) is 4.56. The Kier molecular flexibility index (Phi) is 5.19. The summed E-state index contributed by atoms with van der Waals surface area (Å²) in [6.07, 6.45) is 0. The monoisotopic (exact) mass is 351 g/mol. The Morgan fingerprint density at radius 1 is 0.957 bits per heavy atom. The van der Waals surface area contributed by atoms with E-state index in [1.807, 2.05) is 31.2 Å². The first-order valence-electron chi connectivity index (χ1n) is 7.48. The normalized spacial score (nSPS) is 13.8. The zero-order valence-corrected chi connectivity index (χ0v) is 15.4. The maximum atomic E-state index is 12.5. The van der Waals surface area contributed by atoms with Crippen molar-refractivity contribution in [2.75, 3.05) is 0 Å². The molecule has 5 heteroatoms. The predicted molar refractivity (Wildman–Crippen MR) is 95.3 cm³/mol. The molecule has 0 saturated heterocycles. The lowest BCUT2D eigenvalue weighted by Crippen LogP contribution is -2.27. The van der Waals surface area contributed by atoms with Gasteiger partial charge >= 0.3 is 0 Å². The molecule has 3 nitrogen and oxygen atoms in total. The molecule has 1 atom stereocenters. The number of rotatable bonds is 4. The molecular weight excluding hydrogens is 330 g/mol. The number of hydrogen-bond donors (Lipinski definition) is 1. The number of nitrogens with one attached hydrogen (secondary N) is 1. The highest BCUT2D eigenvalue weighted by atomic mass is 35.5. The highest BCUT2D eigenvalue weighted by Crippen LogP contribution is 2.24. The van der Waals surface area contributed by atoms with E-state index in [2.05, 4.69) is 25.5 Å². The molecule has 0 amide bonds. The van der Waals surface area contributed by atoms with Crippen LogP contribution in [0.15, 0.2) is 53.4 Å². The minimum Gasteiger partial charge on any atom is -0.207 e. The molecule has 0 bridgehead atoms. The molecular formula is C18H22ClNO2S. The molecule has 0 aromatic heterocycles. The Hall–Kier alpha value is -1.36. The van der Waals surface area contributed by atoms with Crippen molar-refractivity contribution >= 4 is 21.6 Å². The Morgan fingerprint density at radius 3 is 1.96 bits per heavy atom. The Balaban J connectivity index is 2.20. The van der Waals surface area contributed by atoms with Gasteiger partial charge in [0.1, 0.15) is 0 Å². The highest BCUT2D eigenvalue weighted by molar-refractivity contribution is 7.89. The number of halogens is 1. The summed E-state index contributed by atoms with van der Waals surface area (Å²) in [5, 5.41) is 0.626. The van der Waals surface area contributed by atoms with Crippen molar-refractivity contribution in [1.82, 2.24) is 4.72 Å². The summed E-state index contributed by atoms with van der Waals surface area (Å²) in [7, 11) is -3.56. The average Bonchev–Trinajstić information content (AvgIpc) is 2.46. The van der Waals surface area contributed by atoms with E-state index in [1.54, 1.807) is 24.3 Å². The van der Waals surface area contributed by atoms with E-state index in [4.69, 9.17) is 11.6 Å². The minimum atomic E-state index is -3.56. The lowest BCUT2D eigenvalue weighted by molar-refractivity contribution is 0.565. The quantitative estimate of drug-likeness (QED) is 0.869. The van der Waals surface area contributed by atoms with E-state index in [0.717, 1.165) is 11.1 Å². The maximum Gasteiger partial charge on any atom is 0.241 e. The zero-order chi connectivity index (χ0) is 17.3. The third-order valence-electron chi connectivity index (χ3n) is 3.73. The molecule has 0 radical (unpaired) electrons. The molecule has 0 aliphatic heterocycles. The number of hydrogen-bond acceptors (Lipinski definition) is 2. The van der Waals surface area contributed by atoms with Crippen LogP contribution in [0.2, 0.25) is 5.02 Å². The third-order valence-corrected chi connectivity index (χ3v) is 5.54. The summed E-state index contributed by atoms with van der Waals surface area (Å²) in [5.74, 6) is 0. The van der Waals surface area contributed by atoms with Crippen LogP contribution < -0.4 is 4.72 Å². The maximum absolute atomic E-state index is 12.5. The summed E-state index contributed by atoms with van der Waals surface area (Å²) in [6, 6.07) is 13.8. The van der Waals surface area contributed by atoms with Crippen molar-refractivity contribution in [2.45, 2.75) is 44.0 Å². The van der Waals surface area contributed by atoms with E-state index in [0.29, 0.717) is 5.02 Å². The molecule has 0 aliphatic rings. The van der Waals surface area contributed by atoms with Crippen LogP contribution in [0, 0.1) is 0 Å². The van der Waals surface area contributed by atoms with Crippen LogP contribution in [0.4, 0.5) is 0 Å². The van der Waals surface area contributed by atoms with E-state index >= 15 is 0 Å². The molecule has 0 heterocycles. The second-order valence-electron chi connectivity index (χ2n) is 6.67. The summed E-state index contributed by atoms with van der Waals surface area (Å²) in [5.41, 5.74) is 1.96. The van der Waals surface area contributed by atoms with Crippen LogP contribution in [0.5, 0.6) is 0 Å². The minimum absolute atomic E-state index is 0.00762. The smallest absolute Gasteiger partial charge is 0.207 e. The van der Waals surface area contributed by atoms with Crippen molar-refractivity contribution in [3.63, 3.8) is 0 Å². The fourth-order valence-electron chi connectivity index (χ4n) is 2.25. The second kappa shape index (κ2) is 6.63. The molecule has 0 unspecified atom stereocenters. The van der Waals surface area contributed by atoms with Crippen molar-refractivity contribution in [3.05, 3.63) is 64.7 Å². The molecule has 0 saturated carbocycles. The van der Waals surface area contributed by atoms with E-state index in [1.165, 1.54) is 0 Å². The Labute approximate surface area is 143 Å². The van der Waals surface area contributed by atoms with Gasteiger partial charge in [-0.05, 0) is 47.7 Å². The second-order valence-corrected chi connectivity index (χ2v) is 8.82. The zero-order valence-electron chi connectivity index (χ0n) is 13.8. The molecule has 1 N–H and O–H groups in total. The topological polar surface area (TPSA) is 46.2 Å². The SMILES string of the molecule is C[C@H](NS(=O)(=O)c1ccc(C(C)(C)C)cc1)c1ccc(Cl)cc1. The van der Waals surface area contributed by atoms with Crippen molar-refractivity contribution in [1.29, 1.82) is 0 Å². The van der Waals surface area contributed by atoms with E-state index in [9.17, 15) is 8.42 Å². The summed E-state index contributed by atoms with van der Waals surface area (Å²) in [6.45, 7) is 8.09. The first kappa shape index (κ1) is 18.0. The van der Waals surface area contributed by atoms with Gasteiger partial charge in [-0.3, -0.25) is 0 Å². The van der Waals surface area contributed by atoms with Crippen LogP contribution in [-0.2, 0) is 15.4 Å². The van der Waals surface area contributed by atoms with Crippen molar-refractivity contribution in [2.24, 2.45) is 0 Å². The van der Waals surface area contributed by atoms with Crippen LogP contribution >= 0.6 is 11.6 Å². The number of sulfonamides is 1. The van der Waals surface area contributed by atoms with Gasteiger partial charge in [-0.1, -0.05) is 56.6 Å². The fraction of sp³-hybridized carbons (Fsp3) is 0.333. The highest BCUT2D eigenvalue weighted by Gasteiger charge is 2.20. The van der Waals surface area contributed by atoms with Gasteiger partial charge in [0.2, 0.25) is 10.0 Å². The first-order valence-corrected chi connectivity index (χ1v) is 9.34. The largest absolute Gasteiger partial charge is 0.241 e. The summed E-state index contributed by atoms with van der Waals surface area (Å²) in [4.78, 5) is 0.270. The van der Waals surface area contributed by atoms with Crippen molar-refractivity contribution in [3.8, 4) is 0 Å². The van der Waals surface area contributed by atoms with Gasteiger partial charge in [0, 0.05) is 11.1 Å². The van der Waals surface area contributed by atoms with Gasteiger partial charge in [-0.2, -0.15) is 0 Å². The van der Waals surface area contributed by atoms with Gasteiger partial charge in [0.15, 0.2) is 0 Å². The first-order chi connectivity index (χ1) is 10.6. The standard InChI is InChI=1S/C18H22ClNO2S/c1-13(14-5-9-16(19)10-6-14)20-23(21,22)17-11-7-15(8-12-17)18(2,3)4/h5-13,20H,1-4H3/t13-/m0/s1. The molecule has 0 spiro atoms. The Morgan fingerprint density at radius 2 is 1.48 bits per heavy atom. The lowest BCUT2D eigenvalue weighted by atomic mass is 9.87. The molecule has 0 aliphatic carbocycles. The van der Waals surface area contributed by atoms with E-state index in [-0.39, 0.29) is 16.4 Å². The van der Waals surface area contributed by atoms with Gasteiger partial charge in [-0.25, -0.2) is 13.1 Å². The fourth-order valence-corrected chi connectivity index (χ4v) is 3.61. The molecule has 2 aromatic rings. The van der Waals surface area contributed by atoms with Gasteiger partial charge < -0.3 is 0 Å². The van der Waals surface area contributed by atoms with Gasteiger partial charge in [0.25, 0.3) is 0 Å². The summed E-state index contributed by atoms with van der Waals surface area (Å²) >= 11 is 5.86. The molecule has 23 heavy (non-hydrogen) atoms.